The van der Waals surface area contributed by atoms with Crippen molar-refractivity contribution in [2.24, 2.45) is 4.99 Å². The summed E-state index contributed by atoms with van der Waals surface area (Å²) in [6.07, 6.45) is 8.61. The molecular formula is C48H37CoN4-. The van der Waals surface area contributed by atoms with E-state index in [-0.39, 0.29) is 22.8 Å². The first kappa shape index (κ1) is 34.2. The molecule has 6 aromatic rings. The minimum atomic E-state index is -0.232. The van der Waals surface area contributed by atoms with Gasteiger partial charge in [-0.1, -0.05) is 167 Å². The van der Waals surface area contributed by atoms with E-state index in [2.05, 4.69) is 173 Å². The zero-order valence-electron chi connectivity index (χ0n) is 30.1. The second-order valence-electron chi connectivity index (χ2n) is 14.0. The van der Waals surface area contributed by atoms with E-state index in [0.29, 0.717) is 0 Å². The molecule has 0 saturated heterocycles. The molecule has 0 saturated carbocycles. The predicted octanol–water partition coefficient (Wildman–Crippen LogP) is 8.79. The number of aliphatic imine (C=N–C) groups is 1. The minimum Gasteiger partial charge on any atom is -0.674 e. The van der Waals surface area contributed by atoms with Gasteiger partial charge in [0.25, 0.3) is 0 Å². The first-order chi connectivity index (χ1) is 25.4. The van der Waals surface area contributed by atoms with Crippen LogP contribution in [-0.4, -0.2) is 11.8 Å². The van der Waals surface area contributed by atoms with Crippen molar-refractivity contribution in [2.45, 2.75) is 33.7 Å². The van der Waals surface area contributed by atoms with Crippen LogP contribution in [0.15, 0.2) is 162 Å². The van der Waals surface area contributed by atoms with Crippen molar-refractivity contribution in [1.29, 1.82) is 0 Å². The van der Waals surface area contributed by atoms with Crippen LogP contribution in [0.4, 0.5) is 0 Å². The summed E-state index contributed by atoms with van der Waals surface area (Å²) in [5.41, 5.74) is 17.6. The summed E-state index contributed by atoms with van der Waals surface area (Å²) in [7, 11) is 0. The molecule has 1 radical (unpaired) electrons. The van der Waals surface area contributed by atoms with E-state index in [1.54, 1.807) is 0 Å². The fraction of sp³-hybridized carbons (Fsp3) is 0.104. The SMILES string of the molecule is Cc1ccc(C2=C3C=CC(=N3)C(c3ccc(C)cc3)=c3ccc([n-]3)=C(c3ccc(C)cc3)C3C=CC(=C(c4ccc(C)cc4)c4ccc2[n-]4)[N-]3)cc1.[Co+2]. The smallest absolute Gasteiger partial charge is 0.674 e. The van der Waals surface area contributed by atoms with Crippen molar-refractivity contribution in [3.8, 4) is 0 Å². The topological polar surface area (TPSA) is 54.7 Å². The number of allylic oxidation sites excluding steroid dienone is 3. The maximum atomic E-state index is 5.46. The van der Waals surface area contributed by atoms with E-state index in [9.17, 15) is 0 Å². The molecule has 53 heavy (non-hydrogen) atoms. The van der Waals surface area contributed by atoms with Gasteiger partial charge in [-0.05, 0) is 78.8 Å². The van der Waals surface area contributed by atoms with Crippen molar-refractivity contribution < 1.29 is 16.8 Å². The van der Waals surface area contributed by atoms with Crippen LogP contribution in [0.3, 0.4) is 0 Å². The second-order valence-corrected chi connectivity index (χ2v) is 14.0. The van der Waals surface area contributed by atoms with Gasteiger partial charge in [0.2, 0.25) is 0 Å². The Bertz CT molecular complexity index is 2640. The zero-order valence-corrected chi connectivity index (χ0v) is 31.1. The Morgan fingerprint density at radius 1 is 0.453 bits per heavy atom. The number of aryl methyl sites for hydroxylation is 4. The summed E-state index contributed by atoms with van der Waals surface area (Å²) < 4.78 is 0. The Hall–Kier alpha value is -5.88. The monoisotopic (exact) mass is 728 g/mol. The molecule has 9 rings (SSSR count). The summed E-state index contributed by atoms with van der Waals surface area (Å²) in [5.74, 6) is 0. The Morgan fingerprint density at radius 3 is 1.53 bits per heavy atom. The molecular weight excluding hydrogens is 691 g/mol. The van der Waals surface area contributed by atoms with Crippen LogP contribution >= 0.6 is 0 Å². The fourth-order valence-corrected chi connectivity index (χ4v) is 7.30. The quantitative estimate of drug-likeness (QED) is 0.182. The molecule has 8 bridgehead atoms. The van der Waals surface area contributed by atoms with Gasteiger partial charge in [0, 0.05) is 0 Å². The van der Waals surface area contributed by atoms with E-state index >= 15 is 0 Å². The number of hydrogen-bond donors (Lipinski definition) is 0. The minimum absolute atomic E-state index is 0. The largest absolute Gasteiger partial charge is 2.00 e. The van der Waals surface area contributed by atoms with E-state index < -0.39 is 0 Å². The van der Waals surface area contributed by atoms with Gasteiger partial charge in [0.15, 0.2) is 0 Å². The molecule has 259 valence electrons. The summed E-state index contributed by atoms with van der Waals surface area (Å²) in [6, 6.07) is 42.9. The fourth-order valence-electron chi connectivity index (χ4n) is 7.30. The average molecular weight is 729 g/mol. The van der Waals surface area contributed by atoms with Gasteiger partial charge in [0.05, 0.1) is 11.4 Å². The zero-order chi connectivity index (χ0) is 35.3. The van der Waals surface area contributed by atoms with Crippen molar-refractivity contribution in [3.63, 3.8) is 0 Å². The molecule has 0 spiro atoms. The van der Waals surface area contributed by atoms with E-state index in [0.717, 1.165) is 83.7 Å². The molecule has 0 aliphatic carbocycles. The maximum Gasteiger partial charge on any atom is 2.00 e. The third kappa shape index (κ3) is 6.43. The molecule has 3 aliphatic rings. The average Bonchev–Trinajstić information content (AvgIpc) is 3.99. The first-order valence-corrected chi connectivity index (χ1v) is 17.8. The number of fused-ring (bicyclic) bond motifs is 7. The molecule has 4 aromatic carbocycles. The van der Waals surface area contributed by atoms with Crippen molar-refractivity contribution in [2.75, 3.05) is 0 Å². The molecule has 5 heterocycles. The second kappa shape index (κ2) is 13.9. The predicted molar refractivity (Wildman–Crippen MR) is 213 cm³/mol. The Labute approximate surface area is 321 Å². The third-order valence-electron chi connectivity index (χ3n) is 10.1. The molecule has 5 heteroatoms. The number of aromatic nitrogens is 2. The molecule has 1 atom stereocenters. The van der Waals surface area contributed by atoms with E-state index in [4.69, 9.17) is 20.3 Å². The molecule has 0 fully saturated rings. The van der Waals surface area contributed by atoms with E-state index in [1.807, 2.05) is 0 Å². The Kier molecular flexibility index (Phi) is 8.99. The summed E-state index contributed by atoms with van der Waals surface area (Å²) >= 11 is 0. The van der Waals surface area contributed by atoms with Gasteiger partial charge < -0.3 is 15.3 Å². The van der Waals surface area contributed by atoms with Gasteiger partial charge >= 0.3 is 16.8 Å². The van der Waals surface area contributed by atoms with E-state index in [1.165, 1.54) is 22.3 Å². The van der Waals surface area contributed by atoms with Crippen molar-refractivity contribution in [3.05, 3.63) is 229 Å². The standard InChI is InChI=1S/C48H37N4.Co/c1-29-5-13-33(14-6-29)45-37-21-23-39(49-37)46(34-15-7-30(2)8-16-34)41-25-27-43(51-41)48(36-19-11-32(4)12-20-36)44-28-26-42(52-44)47(40-24-22-38(45)50-40)35-17-9-31(3)10-18-35;/h5-28,37H,1-4H3;/q-3;+2. The van der Waals surface area contributed by atoms with Gasteiger partial charge in [-0.2, -0.15) is 0 Å². The van der Waals surface area contributed by atoms with Crippen LogP contribution in [-0.2, 0) is 16.8 Å². The molecule has 0 N–H and O–H groups in total. The summed E-state index contributed by atoms with van der Waals surface area (Å²) in [6.45, 7) is 8.46. The molecule has 0 amide bonds. The maximum absolute atomic E-state index is 5.46. The van der Waals surface area contributed by atoms with Crippen LogP contribution in [0, 0.1) is 27.7 Å². The van der Waals surface area contributed by atoms with Gasteiger partial charge in [-0.15, -0.1) is 27.8 Å². The van der Waals surface area contributed by atoms with Crippen molar-refractivity contribution in [1.82, 2.24) is 9.97 Å². The molecule has 1 unspecified atom stereocenters. The molecule has 3 aliphatic heterocycles. The molecule has 4 nitrogen and oxygen atoms in total. The first-order valence-electron chi connectivity index (χ1n) is 17.8. The Morgan fingerprint density at radius 2 is 0.943 bits per heavy atom. The van der Waals surface area contributed by atoms with Crippen LogP contribution in [0.5, 0.6) is 0 Å². The van der Waals surface area contributed by atoms with Crippen LogP contribution < -0.4 is 20.7 Å². The number of benzene rings is 4. The summed E-state index contributed by atoms with van der Waals surface area (Å²) in [5, 5.41) is 7.24. The number of nitrogens with zero attached hydrogens (tertiary/aromatic N) is 4. The van der Waals surface area contributed by atoms with Crippen LogP contribution in [0.25, 0.3) is 27.6 Å². The number of rotatable bonds is 4. The number of hydrogen-bond acceptors (Lipinski definition) is 1. The van der Waals surface area contributed by atoms with Gasteiger partial charge in [-0.3, -0.25) is 0 Å². The normalized spacial score (nSPS) is 16.2. The summed E-state index contributed by atoms with van der Waals surface area (Å²) in [4.78, 5) is 16.2. The van der Waals surface area contributed by atoms with Crippen LogP contribution in [0.1, 0.15) is 55.9 Å². The molecule has 2 aromatic heterocycles. The van der Waals surface area contributed by atoms with Crippen LogP contribution in [0.2, 0.25) is 0 Å². The van der Waals surface area contributed by atoms with Crippen molar-refractivity contribution >= 4 is 28.0 Å². The van der Waals surface area contributed by atoms with Gasteiger partial charge in [0.1, 0.15) is 0 Å². The Balaban J connectivity index is 0.00000400. The third-order valence-corrected chi connectivity index (χ3v) is 10.1. The van der Waals surface area contributed by atoms with Gasteiger partial charge in [-0.25, -0.2) is 4.99 Å².